The van der Waals surface area contributed by atoms with Gasteiger partial charge in [-0.3, -0.25) is 14.4 Å². The SMILES string of the molecule is CCCCCN1CC=C[C@]23O[C@@H]4C=CCN(c5ccc(OCC)cc5)C(=O)[C@@H]4[C@H]2C(=O)N([C@H](CO)c2ccccc2)C3C1=O. The summed E-state index contributed by atoms with van der Waals surface area (Å²) in [6, 6.07) is 14.8. The third-order valence-corrected chi connectivity index (χ3v) is 9.36. The molecule has 0 aliphatic carbocycles. The highest BCUT2D eigenvalue weighted by atomic mass is 16.5. The number of nitrogens with zero attached hydrogens (tertiary/aromatic N) is 3. The highest BCUT2D eigenvalue weighted by molar-refractivity contribution is 6.04. The van der Waals surface area contributed by atoms with E-state index in [-0.39, 0.29) is 24.3 Å². The quantitative estimate of drug-likeness (QED) is 0.329. The first-order valence-corrected chi connectivity index (χ1v) is 15.8. The molecule has 4 aliphatic heterocycles. The largest absolute Gasteiger partial charge is 0.494 e. The monoisotopic (exact) mass is 599 g/mol. The molecule has 232 valence electrons. The van der Waals surface area contributed by atoms with Crippen molar-refractivity contribution in [1.82, 2.24) is 9.80 Å². The zero-order chi connectivity index (χ0) is 30.8. The van der Waals surface area contributed by atoms with Gasteiger partial charge in [0.2, 0.25) is 17.7 Å². The van der Waals surface area contributed by atoms with Crippen LogP contribution < -0.4 is 9.64 Å². The Labute approximate surface area is 258 Å². The number of benzene rings is 2. The van der Waals surface area contributed by atoms with Crippen molar-refractivity contribution in [3.8, 4) is 5.75 Å². The number of carbonyl (C=O) groups is 3. The first-order chi connectivity index (χ1) is 21.4. The molecular formula is C35H41N3O6. The van der Waals surface area contributed by atoms with E-state index in [1.807, 2.05) is 85.8 Å². The molecule has 4 aliphatic rings. The highest BCUT2D eigenvalue weighted by Gasteiger charge is 2.72. The van der Waals surface area contributed by atoms with Gasteiger partial charge in [0.05, 0.1) is 37.2 Å². The molecule has 0 saturated carbocycles. The number of ether oxygens (including phenoxy) is 2. The summed E-state index contributed by atoms with van der Waals surface area (Å²) in [6.07, 6.45) is 9.70. The maximum Gasteiger partial charge on any atom is 0.249 e. The van der Waals surface area contributed by atoms with Gasteiger partial charge in [-0.05, 0) is 43.2 Å². The maximum atomic E-state index is 14.7. The van der Waals surface area contributed by atoms with Gasteiger partial charge in [-0.1, -0.05) is 74.4 Å². The Hall–Kier alpha value is -3.95. The molecule has 1 N–H and O–H groups in total. The van der Waals surface area contributed by atoms with E-state index < -0.39 is 35.6 Å². The molecule has 0 bridgehead atoms. The number of amides is 3. The summed E-state index contributed by atoms with van der Waals surface area (Å²) in [6.45, 7) is 5.47. The van der Waals surface area contributed by atoms with Crippen LogP contribution in [0.1, 0.15) is 44.7 Å². The number of likely N-dealkylation sites (tertiary alicyclic amines) is 1. The lowest BCUT2D eigenvalue weighted by atomic mass is 9.77. The zero-order valence-corrected chi connectivity index (χ0v) is 25.4. The number of hydrogen-bond donors (Lipinski definition) is 1. The van der Waals surface area contributed by atoms with Crippen molar-refractivity contribution >= 4 is 23.4 Å². The van der Waals surface area contributed by atoms with Crippen molar-refractivity contribution in [3.63, 3.8) is 0 Å². The topological polar surface area (TPSA) is 99.6 Å². The third-order valence-electron chi connectivity index (χ3n) is 9.36. The van der Waals surface area contributed by atoms with Gasteiger partial charge < -0.3 is 29.3 Å². The Balaban J connectivity index is 1.42. The van der Waals surface area contributed by atoms with Crippen LogP contribution in [0.5, 0.6) is 5.75 Å². The molecule has 2 aromatic rings. The van der Waals surface area contributed by atoms with E-state index in [1.54, 1.807) is 9.80 Å². The van der Waals surface area contributed by atoms with Crippen LogP contribution in [0.3, 0.4) is 0 Å². The summed E-state index contributed by atoms with van der Waals surface area (Å²) in [5.74, 6) is -1.88. The van der Waals surface area contributed by atoms with Crippen LogP contribution in [0.4, 0.5) is 5.69 Å². The van der Waals surface area contributed by atoms with Crippen molar-refractivity contribution in [2.45, 2.75) is 56.9 Å². The summed E-state index contributed by atoms with van der Waals surface area (Å²) in [7, 11) is 0. The minimum atomic E-state index is -1.35. The summed E-state index contributed by atoms with van der Waals surface area (Å²) in [4.78, 5) is 48.7. The van der Waals surface area contributed by atoms with Crippen LogP contribution in [0.25, 0.3) is 0 Å². The Kier molecular flexibility index (Phi) is 8.60. The molecule has 0 aromatic heterocycles. The second-order valence-corrected chi connectivity index (χ2v) is 11.9. The van der Waals surface area contributed by atoms with Crippen LogP contribution in [-0.4, -0.2) is 83.2 Å². The first-order valence-electron chi connectivity index (χ1n) is 15.8. The van der Waals surface area contributed by atoms with Crippen molar-refractivity contribution in [2.75, 3.05) is 37.7 Å². The van der Waals surface area contributed by atoms with Crippen LogP contribution in [0.15, 0.2) is 78.9 Å². The number of rotatable bonds is 10. The Bertz CT molecular complexity index is 1430. The van der Waals surface area contributed by atoms with E-state index in [4.69, 9.17) is 9.47 Å². The fourth-order valence-electron chi connectivity index (χ4n) is 7.36. The van der Waals surface area contributed by atoms with Gasteiger partial charge in [0.15, 0.2) is 0 Å². The minimum Gasteiger partial charge on any atom is -0.494 e. The molecule has 1 spiro atoms. The smallest absolute Gasteiger partial charge is 0.249 e. The van der Waals surface area contributed by atoms with Gasteiger partial charge in [-0.25, -0.2) is 0 Å². The average Bonchev–Trinajstić information content (AvgIpc) is 3.35. The Morgan fingerprint density at radius 2 is 1.73 bits per heavy atom. The predicted octanol–water partition coefficient (Wildman–Crippen LogP) is 3.89. The van der Waals surface area contributed by atoms with E-state index in [1.165, 1.54) is 4.90 Å². The van der Waals surface area contributed by atoms with Crippen molar-refractivity contribution < 1.29 is 29.0 Å². The minimum absolute atomic E-state index is 0.215. The number of anilines is 1. The first kappa shape index (κ1) is 30.1. The highest BCUT2D eigenvalue weighted by Crippen LogP contribution is 2.55. The fourth-order valence-corrected chi connectivity index (χ4v) is 7.36. The maximum absolute atomic E-state index is 14.7. The van der Waals surface area contributed by atoms with E-state index in [0.29, 0.717) is 37.7 Å². The summed E-state index contributed by atoms with van der Waals surface area (Å²) >= 11 is 0. The standard InChI is InChI=1S/C35H41N3O6/c1-3-5-9-20-36-21-11-19-35-30(33(41)38(31(35)34(36)42)27(23-39)24-12-7-6-8-13-24)29-28(44-35)14-10-22-37(32(29)40)25-15-17-26(18-16-25)43-4-2/h6-8,10-19,27-31,39H,3-5,9,20-23H2,1-2H3/t27-,28-,29+,30+,31?,35+/m1/s1. The summed E-state index contributed by atoms with van der Waals surface area (Å²) in [5.41, 5.74) is 0.0555. The molecule has 4 heterocycles. The average molecular weight is 600 g/mol. The van der Waals surface area contributed by atoms with Crippen molar-refractivity contribution in [1.29, 1.82) is 0 Å². The fraction of sp³-hybridized carbons (Fsp3) is 0.457. The van der Waals surface area contributed by atoms with Crippen LogP contribution in [-0.2, 0) is 19.1 Å². The number of hydrogen-bond acceptors (Lipinski definition) is 6. The zero-order valence-electron chi connectivity index (χ0n) is 25.4. The molecule has 2 aromatic carbocycles. The van der Waals surface area contributed by atoms with E-state index >= 15 is 0 Å². The number of aliphatic hydroxyl groups is 1. The lowest BCUT2D eigenvalue weighted by Gasteiger charge is -2.38. The van der Waals surface area contributed by atoms with Crippen molar-refractivity contribution in [3.05, 3.63) is 84.5 Å². The van der Waals surface area contributed by atoms with Crippen LogP contribution >= 0.6 is 0 Å². The molecule has 2 saturated heterocycles. The molecule has 44 heavy (non-hydrogen) atoms. The van der Waals surface area contributed by atoms with Gasteiger partial charge >= 0.3 is 0 Å². The molecule has 1 unspecified atom stereocenters. The van der Waals surface area contributed by atoms with E-state index in [9.17, 15) is 19.5 Å². The molecule has 6 atom stereocenters. The summed E-state index contributed by atoms with van der Waals surface area (Å²) in [5, 5.41) is 10.7. The lowest BCUT2D eigenvalue weighted by molar-refractivity contribution is -0.150. The van der Waals surface area contributed by atoms with Crippen LogP contribution in [0, 0.1) is 11.8 Å². The van der Waals surface area contributed by atoms with Gasteiger partial charge in [0.25, 0.3) is 0 Å². The third kappa shape index (κ3) is 5.02. The number of aliphatic hydroxyl groups excluding tert-OH is 1. The number of fused-ring (bicyclic) bond motifs is 2. The molecular weight excluding hydrogens is 558 g/mol. The van der Waals surface area contributed by atoms with Gasteiger partial charge in [0, 0.05) is 25.3 Å². The molecule has 2 fully saturated rings. The van der Waals surface area contributed by atoms with Crippen molar-refractivity contribution in [2.24, 2.45) is 11.8 Å². The molecule has 3 amide bonds. The van der Waals surface area contributed by atoms with E-state index in [2.05, 4.69) is 6.92 Å². The van der Waals surface area contributed by atoms with Gasteiger partial charge in [-0.2, -0.15) is 0 Å². The van der Waals surface area contributed by atoms with Crippen LogP contribution in [0.2, 0.25) is 0 Å². The van der Waals surface area contributed by atoms with Gasteiger partial charge in [-0.15, -0.1) is 0 Å². The number of unbranched alkanes of at least 4 members (excludes halogenated alkanes) is 2. The van der Waals surface area contributed by atoms with E-state index in [0.717, 1.165) is 24.8 Å². The Morgan fingerprint density at radius 3 is 2.43 bits per heavy atom. The molecule has 9 heteroatoms. The second kappa shape index (κ2) is 12.6. The molecule has 0 radical (unpaired) electrons. The molecule has 6 rings (SSSR count). The normalized spacial score (nSPS) is 28.4. The Morgan fingerprint density at radius 1 is 0.955 bits per heavy atom. The summed E-state index contributed by atoms with van der Waals surface area (Å²) < 4.78 is 12.4. The van der Waals surface area contributed by atoms with Gasteiger partial charge in [0.1, 0.15) is 17.4 Å². The number of carbonyl (C=O) groups excluding carboxylic acids is 3. The second-order valence-electron chi connectivity index (χ2n) is 11.9. The predicted molar refractivity (Wildman–Crippen MR) is 166 cm³/mol. The molecule has 9 nitrogen and oxygen atoms in total. The lowest BCUT2D eigenvalue weighted by Crippen LogP contribution is -2.56.